The van der Waals surface area contributed by atoms with Gasteiger partial charge in [0, 0.05) is 42.2 Å². The summed E-state index contributed by atoms with van der Waals surface area (Å²) >= 11 is 14.4. The van der Waals surface area contributed by atoms with Crippen LogP contribution in [-0.4, -0.2) is 218 Å². The lowest BCUT2D eigenvalue weighted by Crippen LogP contribution is -2.65. The largest absolute Gasteiger partial charge is 0.508 e. The molecule has 0 aliphatic carbocycles. The predicted octanol–water partition coefficient (Wildman–Crippen LogP) is 3.59. The van der Waals surface area contributed by atoms with Gasteiger partial charge in [-0.2, -0.15) is 0 Å². The number of carbonyl (C=O) groups excluding carboxylic acids is 8. The minimum atomic E-state index is -2.34. The SMILES string of the molecule is CN[C@H](CC(C)C)C(=O)N[C@H]1C(=O)N[C@@H](CC(N)=O)C(=O)N[C@H]2C(=O)N[C@H]3C(=O)N[C@H](C(=O)N[C@H](C(=O)NCCCN(C)C)c4cc(O)cc(O)c4-c4cc3ccc4O)[C@H](O)c3ccc(c(Cl)c3)Oc3cc2cc(c3O[C@@H]2O[C@H](CO)[C@@H](O)[C@H](O)[C@H]2O[C@H]2C[C@](C)(NCc3ccc(-c4ccccc4)cc3)[C@@H](O)[C@H](C)O2)Oc2ccc(cc2Cl)[C@H]1O. The van der Waals surface area contributed by atoms with E-state index in [9.17, 15) is 60.3 Å². The average Bonchev–Trinajstić information content (AvgIpc) is 0.763. The zero-order valence-corrected chi connectivity index (χ0v) is 67.8. The second-order valence-electron chi connectivity index (χ2n) is 31.2. The molecular formula is C84H97Cl2N11O23. The van der Waals surface area contributed by atoms with Gasteiger partial charge in [-0.25, -0.2) is 0 Å². The Morgan fingerprint density at radius 2 is 1.31 bits per heavy atom. The zero-order valence-electron chi connectivity index (χ0n) is 66.3. The van der Waals surface area contributed by atoms with Crippen molar-refractivity contribution >= 4 is 70.5 Å². The first-order chi connectivity index (χ1) is 57.1. The van der Waals surface area contributed by atoms with Gasteiger partial charge in [0.1, 0.15) is 95.5 Å². The molecule has 0 unspecified atom stereocenters. The van der Waals surface area contributed by atoms with E-state index in [1.165, 1.54) is 31.3 Å². The van der Waals surface area contributed by atoms with E-state index in [0.717, 1.165) is 71.3 Å². The average molecular weight is 1700 g/mol. The Bertz CT molecular complexity index is 4980. The first kappa shape index (κ1) is 88.5. The first-order valence-electron chi connectivity index (χ1n) is 38.9. The summed E-state index contributed by atoms with van der Waals surface area (Å²) in [4.78, 5) is 122. The summed E-state index contributed by atoms with van der Waals surface area (Å²) < 4.78 is 39.7. The van der Waals surface area contributed by atoms with E-state index in [4.69, 9.17) is 57.4 Å². The van der Waals surface area contributed by atoms with Crippen molar-refractivity contribution in [1.82, 2.24) is 52.8 Å². The maximum absolute atomic E-state index is 16.4. The van der Waals surface area contributed by atoms with Crippen LogP contribution in [0.3, 0.4) is 0 Å². The molecule has 18 atom stereocenters. The molecule has 0 radical (unpaired) electrons. The number of nitrogens with two attached hydrogens (primary N) is 1. The van der Waals surface area contributed by atoms with Crippen LogP contribution in [-0.2, 0) is 59.1 Å². The molecule has 11 bridgehead atoms. The highest BCUT2D eigenvalue weighted by molar-refractivity contribution is 6.32. The number of likely N-dealkylation sites (N-methyl/N-ethyl adjacent to an activating group) is 1. The van der Waals surface area contributed by atoms with Gasteiger partial charge < -0.3 is 133 Å². The number of hydrogen-bond acceptors (Lipinski definition) is 26. The molecule has 8 amide bonds. The van der Waals surface area contributed by atoms with Gasteiger partial charge in [-0.3, -0.25) is 38.4 Å². The van der Waals surface area contributed by atoms with Crippen molar-refractivity contribution in [2.75, 3.05) is 40.8 Å². The summed E-state index contributed by atoms with van der Waals surface area (Å²) in [6, 6.07) is 18.1. The third-order valence-corrected chi connectivity index (χ3v) is 22.2. The van der Waals surface area contributed by atoms with Crippen LogP contribution in [0, 0.1) is 5.92 Å². The maximum Gasteiger partial charge on any atom is 0.248 e. The Balaban J connectivity index is 1.04. The molecule has 120 heavy (non-hydrogen) atoms. The van der Waals surface area contributed by atoms with Crippen molar-refractivity contribution in [3.8, 4) is 68.2 Å². The van der Waals surface area contributed by atoms with E-state index in [-0.39, 0.29) is 76.2 Å². The molecule has 0 aromatic heterocycles. The van der Waals surface area contributed by atoms with Crippen LogP contribution in [0.25, 0.3) is 22.3 Å². The molecule has 7 aliphatic rings. The van der Waals surface area contributed by atoms with Crippen LogP contribution >= 0.6 is 23.2 Å². The molecule has 7 aromatic rings. The smallest absolute Gasteiger partial charge is 0.248 e. The number of aliphatic hydroxyl groups excluding tert-OH is 6. The second-order valence-corrected chi connectivity index (χ2v) is 32.0. The minimum Gasteiger partial charge on any atom is -0.508 e. The number of nitrogens with one attached hydrogen (secondary N) is 9. The normalized spacial score (nSPS) is 26.6. The molecular weight excluding hydrogens is 1600 g/mol. The van der Waals surface area contributed by atoms with Crippen LogP contribution in [0.4, 0.5) is 0 Å². The van der Waals surface area contributed by atoms with Crippen molar-refractivity contribution in [1.29, 1.82) is 0 Å². The lowest BCUT2D eigenvalue weighted by atomic mass is 9.84. The number of halogens is 2. The van der Waals surface area contributed by atoms with E-state index in [1.807, 2.05) is 73.3 Å². The number of hydrogen-bond donors (Lipinski definition) is 19. The van der Waals surface area contributed by atoms with E-state index in [0.29, 0.717) is 13.0 Å². The van der Waals surface area contributed by atoms with Crippen LogP contribution in [0.1, 0.15) is 117 Å². The number of nitrogens with zero attached hydrogens (tertiary/aromatic N) is 1. The van der Waals surface area contributed by atoms with Crippen LogP contribution in [0.5, 0.6) is 46.0 Å². The maximum atomic E-state index is 16.4. The number of primary amides is 1. The third kappa shape index (κ3) is 19.9. The molecule has 7 heterocycles. The summed E-state index contributed by atoms with van der Waals surface area (Å²) in [7, 11) is 5.09. The molecule has 2 saturated heterocycles. The highest BCUT2D eigenvalue weighted by atomic mass is 35.5. The van der Waals surface area contributed by atoms with Gasteiger partial charge in [0.2, 0.25) is 59.3 Å². The fraction of sp³-hybridized carbons (Fsp3) is 0.405. The molecule has 0 saturated carbocycles. The number of phenols is 3. The summed E-state index contributed by atoms with van der Waals surface area (Å²) in [6.07, 6.45) is -18.1. The van der Waals surface area contributed by atoms with Gasteiger partial charge in [0.15, 0.2) is 23.9 Å². The molecule has 20 N–H and O–H groups in total. The van der Waals surface area contributed by atoms with Gasteiger partial charge in [-0.1, -0.05) is 110 Å². The standard InChI is InChI=1S/C84H97Cl2N11O23/c1-38(2)26-52(88-5)76(108)95-67-69(103)44-19-22-56(50(85)28-44)116-58-30-46-31-59(73(58)120-83-74(72(106)71(105)60(37-98)118-83)119-62-35-84(4,75(107)39(3)115-62)90-36-40-14-16-42(17-15-40)41-12-9-8-10-13-41)117-57-23-20-45(29-51(57)86)70(104)68-82(114)94-66(78(110)89-24-11-25-97(6)7)49-32-47(99)33-55(101)63(49)48-27-43(18-21-54(48)100)64(79(111)96-68)93-80(112)65(46)92-77(109)53(34-61(87)102)91-81(67)113/h8-10,12-23,27-33,38-39,52-53,60,62,64-72,74-75,83,88,90,98-101,103-107H,11,24-26,34-37H2,1-7H3,(H2,87,102)(H,89,110)(H,91,113)(H,92,109)(H,93,112)(H,94,114)(H,95,108)(H,96,111)/t39-,52+,53-,60+,62-,64+,65+,66-,67+,68-,69+,70+,71+,72-,74+,75-,83-,84-/m0/s1. The summed E-state index contributed by atoms with van der Waals surface area (Å²) in [5.74, 6) is -14.5. The highest BCUT2D eigenvalue weighted by Gasteiger charge is 2.52. The summed E-state index contributed by atoms with van der Waals surface area (Å²) in [5.41, 5.74) is 5.17. The Kier molecular flexibility index (Phi) is 27.9. The van der Waals surface area contributed by atoms with E-state index in [2.05, 4.69) is 47.9 Å². The number of aliphatic hydroxyl groups is 6. The lowest BCUT2D eigenvalue weighted by molar-refractivity contribution is -0.334. The molecule has 34 nitrogen and oxygen atoms in total. The molecule has 36 heteroatoms. The first-order valence-corrected chi connectivity index (χ1v) is 39.6. The number of fused-ring (bicyclic) bond motifs is 15. The lowest BCUT2D eigenvalue weighted by Gasteiger charge is -2.48. The van der Waals surface area contributed by atoms with Gasteiger partial charge in [0.05, 0.1) is 41.3 Å². The molecule has 7 aromatic carbocycles. The Hall–Kier alpha value is -10.8. The van der Waals surface area contributed by atoms with Crippen LogP contribution < -0.4 is 67.8 Å². The van der Waals surface area contributed by atoms with E-state index >= 15 is 24.0 Å². The van der Waals surface area contributed by atoms with Crippen LogP contribution in [0.2, 0.25) is 10.0 Å². The monoisotopic (exact) mass is 1700 g/mol. The summed E-state index contributed by atoms with van der Waals surface area (Å²) in [5, 5.41) is 131. The third-order valence-electron chi connectivity index (χ3n) is 21.6. The highest BCUT2D eigenvalue weighted by Crippen LogP contribution is 2.50. The Morgan fingerprint density at radius 1 is 0.683 bits per heavy atom. The van der Waals surface area contributed by atoms with Gasteiger partial charge >= 0.3 is 0 Å². The van der Waals surface area contributed by atoms with Crippen molar-refractivity contribution < 1.29 is 113 Å². The molecule has 640 valence electrons. The number of aromatic hydroxyl groups is 3. The minimum absolute atomic E-state index is 0.00522. The van der Waals surface area contributed by atoms with Crippen molar-refractivity contribution in [2.24, 2.45) is 11.7 Å². The number of phenolic OH excluding ortho intramolecular Hbond substituents is 3. The van der Waals surface area contributed by atoms with Gasteiger partial charge in [-0.15, -0.1) is 0 Å². The molecule has 14 rings (SSSR count). The Morgan fingerprint density at radius 3 is 1.93 bits per heavy atom. The molecule has 0 spiro atoms. The zero-order chi connectivity index (χ0) is 86.5. The summed E-state index contributed by atoms with van der Waals surface area (Å²) in [6.45, 7) is 6.73. The predicted molar refractivity (Wildman–Crippen MR) is 432 cm³/mol. The number of ether oxygens (including phenoxy) is 6. The topological polar surface area (TPSA) is 512 Å². The molecule has 2 fully saturated rings. The number of carbonyl (C=O) groups is 8. The van der Waals surface area contributed by atoms with Gasteiger partial charge in [-0.05, 0) is 159 Å². The van der Waals surface area contributed by atoms with Crippen molar-refractivity contribution in [3.05, 3.63) is 177 Å². The van der Waals surface area contributed by atoms with E-state index in [1.54, 1.807) is 27.9 Å². The number of amides is 8. The number of rotatable bonds is 21. The quantitative estimate of drug-likeness (QED) is 0.0457. The van der Waals surface area contributed by atoms with Crippen LogP contribution in [0.15, 0.2) is 133 Å². The fourth-order valence-corrected chi connectivity index (χ4v) is 15.6. The Labute approximate surface area is 699 Å². The van der Waals surface area contributed by atoms with Gasteiger partial charge in [0.25, 0.3) is 0 Å². The fourth-order valence-electron chi connectivity index (χ4n) is 15.1. The van der Waals surface area contributed by atoms with E-state index < -0.39 is 220 Å². The van der Waals surface area contributed by atoms with Crippen molar-refractivity contribution in [2.45, 2.75) is 169 Å². The molecule has 7 aliphatic heterocycles. The second kappa shape index (κ2) is 37.9. The number of benzene rings is 7. The van der Waals surface area contributed by atoms with Crippen molar-refractivity contribution in [3.63, 3.8) is 0 Å².